The number of nitrogens with two attached hydrogens (primary N) is 2. The number of nitrogen functional groups attached to an aromatic ring is 1. The highest BCUT2D eigenvalue weighted by Crippen LogP contribution is 2.07. The molecule has 1 aromatic heterocycles. The van der Waals surface area contributed by atoms with Crippen LogP contribution < -0.4 is 22.3 Å². The summed E-state index contributed by atoms with van der Waals surface area (Å²) in [4.78, 5) is 18.4. The maximum Gasteiger partial charge on any atom is 0.227 e. The van der Waals surface area contributed by atoms with Crippen LogP contribution >= 0.6 is 24.0 Å². The van der Waals surface area contributed by atoms with Gasteiger partial charge in [0.1, 0.15) is 5.82 Å². The molecular weight excluding hydrogens is 260 g/mol. The Kier molecular flexibility index (Phi) is 4.91. The van der Waals surface area contributed by atoms with Gasteiger partial charge in [-0.25, -0.2) is 4.98 Å². The molecule has 0 aromatic carbocycles. The van der Waals surface area contributed by atoms with Crippen LogP contribution in [0.3, 0.4) is 0 Å². The van der Waals surface area contributed by atoms with E-state index in [4.69, 9.17) is 23.7 Å². The van der Waals surface area contributed by atoms with Crippen LogP contribution in [0.5, 0.6) is 0 Å². The molecule has 92 valence electrons. The number of anilines is 2. The number of carbonyl (C=O) groups excluding carboxylic acids is 1. The number of hydrogen-bond acceptors (Lipinski definition) is 7. The van der Waals surface area contributed by atoms with Crippen molar-refractivity contribution in [2.45, 2.75) is 6.92 Å². The fraction of sp³-hybridized carbons (Fsp3) is 0.250. The van der Waals surface area contributed by atoms with Crippen molar-refractivity contribution in [2.24, 2.45) is 5.73 Å². The van der Waals surface area contributed by atoms with Crippen molar-refractivity contribution < 1.29 is 4.79 Å². The first-order valence-corrected chi connectivity index (χ1v) is 5.95. The number of aromatic nitrogens is 2. The van der Waals surface area contributed by atoms with E-state index in [1.54, 1.807) is 13.0 Å². The Morgan fingerprint density at radius 1 is 1.59 bits per heavy atom. The number of hydrazine groups is 1. The highest BCUT2D eigenvalue weighted by atomic mass is 32.2. The second-order valence-electron chi connectivity index (χ2n) is 3.05. The highest BCUT2D eigenvalue weighted by Gasteiger charge is 2.02. The van der Waals surface area contributed by atoms with E-state index < -0.39 is 5.91 Å². The number of thioether (sulfide) groups is 1. The lowest BCUT2D eigenvalue weighted by molar-refractivity contribution is -0.115. The van der Waals surface area contributed by atoms with Crippen molar-refractivity contribution in [1.29, 1.82) is 0 Å². The van der Waals surface area contributed by atoms with Gasteiger partial charge in [-0.05, 0) is 6.92 Å². The van der Waals surface area contributed by atoms with Crippen molar-refractivity contribution in [3.05, 3.63) is 11.8 Å². The number of nitrogens with zero attached hydrogens (tertiary/aromatic N) is 2. The standard InChI is InChI=1S/C8H12N6OS2/c1-4-2-6(12-7(10)11-4)13-14-8(16)17-3-5(9)15/h2H,3H2,1H3,(H2,9,15)(H,14,16)(H3,10,11,12,13). The third kappa shape index (κ3) is 5.31. The van der Waals surface area contributed by atoms with Gasteiger partial charge >= 0.3 is 0 Å². The summed E-state index contributed by atoms with van der Waals surface area (Å²) in [6.45, 7) is 1.80. The first-order chi connectivity index (χ1) is 7.97. The number of rotatable bonds is 4. The van der Waals surface area contributed by atoms with Crippen LogP contribution in [0.25, 0.3) is 0 Å². The predicted octanol–water partition coefficient (Wildman–Crippen LogP) is -0.213. The van der Waals surface area contributed by atoms with E-state index in [1.165, 1.54) is 0 Å². The molecule has 0 spiro atoms. The Labute approximate surface area is 108 Å². The number of nitrogens with one attached hydrogen (secondary N) is 2. The number of carbonyl (C=O) groups is 1. The van der Waals surface area contributed by atoms with Crippen LogP contribution in [-0.2, 0) is 4.79 Å². The Balaban J connectivity index is 2.44. The van der Waals surface area contributed by atoms with Gasteiger partial charge in [0.05, 0.1) is 5.75 Å². The van der Waals surface area contributed by atoms with Gasteiger partial charge in [0, 0.05) is 11.8 Å². The molecule has 7 nitrogen and oxygen atoms in total. The van der Waals surface area contributed by atoms with Crippen molar-refractivity contribution in [1.82, 2.24) is 15.4 Å². The van der Waals surface area contributed by atoms with E-state index in [0.717, 1.165) is 17.5 Å². The van der Waals surface area contributed by atoms with Crippen LogP contribution in [0.1, 0.15) is 5.69 Å². The van der Waals surface area contributed by atoms with Crippen molar-refractivity contribution in [3.8, 4) is 0 Å². The second kappa shape index (κ2) is 6.21. The molecule has 6 N–H and O–H groups in total. The first-order valence-electron chi connectivity index (χ1n) is 4.55. The fourth-order valence-electron chi connectivity index (χ4n) is 0.943. The van der Waals surface area contributed by atoms with E-state index in [1.807, 2.05) is 0 Å². The van der Waals surface area contributed by atoms with Crippen LogP contribution in [0.4, 0.5) is 11.8 Å². The first kappa shape index (κ1) is 13.5. The number of hydrogen-bond donors (Lipinski definition) is 4. The third-order valence-electron chi connectivity index (χ3n) is 1.51. The zero-order valence-electron chi connectivity index (χ0n) is 9.06. The summed E-state index contributed by atoms with van der Waals surface area (Å²) in [6.07, 6.45) is 0. The Hall–Kier alpha value is -1.61. The largest absolute Gasteiger partial charge is 0.369 e. The lowest BCUT2D eigenvalue weighted by Gasteiger charge is -2.09. The van der Waals surface area contributed by atoms with Crippen LogP contribution in [-0.4, -0.2) is 25.9 Å². The molecule has 0 unspecified atom stereocenters. The molecular formula is C8H12N6OS2. The van der Waals surface area contributed by atoms with E-state index in [9.17, 15) is 4.79 Å². The molecule has 1 aromatic rings. The maximum absolute atomic E-state index is 10.5. The molecule has 0 saturated heterocycles. The van der Waals surface area contributed by atoms with E-state index in [0.29, 0.717) is 10.1 Å². The summed E-state index contributed by atoms with van der Waals surface area (Å²) >= 11 is 6.06. The molecule has 0 atom stereocenters. The number of thiocarbonyl (C=S) groups is 1. The van der Waals surface area contributed by atoms with Gasteiger partial charge in [-0.2, -0.15) is 4.98 Å². The lowest BCUT2D eigenvalue weighted by atomic mass is 10.4. The number of primary amides is 1. The lowest BCUT2D eigenvalue weighted by Crippen LogP contribution is -2.28. The number of amides is 1. The topological polar surface area (TPSA) is 119 Å². The molecule has 0 saturated carbocycles. The quantitative estimate of drug-likeness (QED) is 0.439. The average Bonchev–Trinajstić information content (AvgIpc) is 2.22. The van der Waals surface area contributed by atoms with Gasteiger partial charge < -0.3 is 11.5 Å². The smallest absolute Gasteiger partial charge is 0.227 e. The zero-order valence-corrected chi connectivity index (χ0v) is 10.7. The van der Waals surface area contributed by atoms with Crippen molar-refractivity contribution in [3.63, 3.8) is 0 Å². The molecule has 9 heteroatoms. The minimum Gasteiger partial charge on any atom is -0.369 e. The summed E-state index contributed by atoms with van der Waals surface area (Å²) < 4.78 is 0.388. The molecule has 0 aliphatic carbocycles. The van der Waals surface area contributed by atoms with Gasteiger partial charge in [0.15, 0.2) is 4.32 Å². The summed E-state index contributed by atoms with van der Waals surface area (Å²) in [5.74, 6) is 0.363. The molecule has 1 rings (SSSR count). The van der Waals surface area contributed by atoms with Crippen LogP contribution in [0.2, 0.25) is 0 Å². The van der Waals surface area contributed by atoms with Gasteiger partial charge in [-0.15, -0.1) is 0 Å². The van der Waals surface area contributed by atoms with Crippen molar-refractivity contribution in [2.75, 3.05) is 16.9 Å². The van der Waals surface area contributed by atoms with Crippen LogP contribution in [0.15, 0.2) is 6.07 Å². The Morgan fingerprint density at radius 2 is 2.29 bits per heavy atom. The monoisotopic (exact) mass is 272 g/mol. The number of aryl methyl sites for hydroxylation is 1. The van der Waals surface area contributed by atoms with Crippen molar-refractivity contribution >= 4 is 46.0 Å². The van der Waals surface area contributed by atoms with Gasteiger partial charge in [-0.3, -0.25) is 15.6 Å². The van der Waals surface area contributed by atoms with E-state index in [2.05, 4.69) is 20.8 Å². The van der Waals surface area contributed by atoms with Gasteiger partial charge in [0.25, 0.3) is 0 Å². The normalized spacial score (nSPS) is 9.71. The second-order valence-corrected chi connectivity index (χ2v) is 4.70. The predicted molar refractivity (Wildman–Crippen MR) is 72.2 cm³/mol. The summed E-state index contributed by atoms with van der Waals surface area (Å²) in [6, 6.07) is 1.70. The summed E-state index contributed by atoms with van der Waals surface area (Å²) in [5, 5.41) is 0. The Bertz CT molecular complexity index is 418. The molecule has 0 aliphatic rings. The highest BCUT2D eigenvalue weighted by molar-refractivity contribution is 8.23. The average molecular weight is 272 g/mol. The SMILES string of the molecule is Cc1cc(NNC(=S)SCC(N)=O)nc(N)n1. The molecule has 1 heterocycles. The molecule has 0 radical (unpaired) electrons. The summed E-state index contributed by atoms with van der Waals surface area (Å²) in [5.41, 5.74) is 16.6. The minimum absolute atomic E-state index is 0.123. The molecule has 0 fully saturated rings. The molecule has 0 aliphatic heterocycles. The Morgan fingerprint density at radius 3 is 2.88 bits per heavy atom. The molecule has 17 heavy (non-hydrogen) atoms. The van der Waals surface area contributed by atoms with E-state index >= 15 is 0 Å². The zero-order chi connectivity index (χ0) is 12.8. The van der Waals surface area contributed by atoms with Gasteiger partial charge in [0.2, 0.25) is 11.9 Å². The van der Waals surface area contributed by atoms with Crippen LogP contribution in [0, 0.1) is 6.92 Å². The van der Waals surface area contributed by atoms with Gasteiger partial charge in [-0.1, -0.05) is 24.0 Å². The maximum atomic E-state index is 10.5. The molecule has 0 bridgehead atoms. The minimum atomic E-state index is -0.429. The molecule has 1 amide bonds. The summed E-state index contributed by atoms with van der Waals surface area (Å²) in [7, 11) is 0. The fourth-order valence-corrected chi connectivity index (χ4v) is 1.57. The van der Waals surface area contributed by atoms with E-state index in [-0.39, 0.29) is 11.7 Å². The third-order valence-corrected chi connectivity index (χ3v) is 2.76.